The van der Waals surface area contributed by atoms with Gasteiger partial charge in [-0.05, 0) is 19.1 Å². The van der Waals surface area contributed by atoms with Crippen molar-refractivity contribution in [3.8, 4) is 6.01 Å². The average Bonchev–Trinajstić information content (AvgIpc) is 3.25. The number of ether oxygens (including phenoxy) is 1. The van der Waals surface area contributed by atoms with Gasteiger partial charge in [-0.1, -0.05) is 0 Å². The summed E-state index contributed by atoms with van der Waals surface area (Å²) >= 11 is 0. The fourth-order valence-corrected chi connectivity index (χ4v) is 3.17. The Labute approximate surface area is 177 Å². The first-order valence-corrected chi connectivity index (χ1v) is 9.65. The summed E-state index contributed by atoms with van der Waals surface area (Å²) < 4.78 is 11.3. The number of nitrogens with zero attached hydrogens (tertiary/aromatic N) is 5. The first-order chi connectivity index (χ1) is 15.0. The third-order valence-electron chi connectivity index (χ3n) is 4.78. The van der Waals surface area contributed by atoms with Crippen molar-refractivity contribution in [3.63, 3.8) is 0 Å². The number of carboxylic acids is 1. The summed E-state index contributed by atoms with van der Waals surface area (Å²) in [5.74, 6) is -1.76. The van der Waals surface area contributed by atoms with E-state index in [2.05, 4.69) is 25.3 Å². The van der Waals surface area contributed by atoms with Crippen LogP contribution in [0.5, 0.6) is 6.01 Å². The maximum absolute atomic E-state index is 12.5. The molecule has 0 saturated carbocycles. The van der Waals surface area contributed by atoms with Gasteiger partial charge in [0.1, 0.15) is 17.9 Å². The Morgan fingerprint density at radius 3 is 2.77 bits per heavy atom. The van der Waals surface area contributed by atoms with Gasteiger partial charge in [0.05, 0.1) is 5.69 Å². The zero-order valence-electron chi connectivity index (χ0n) is 16.7. The molecule has 2 N–H and O–H groups in total. The van der Waals surface area contributed by atoms with Crippen molar-refractivity contribution >= 4 is 23.6 Å². The Bertz CT molecular complexity index is 1090. The fraction of sp³-hybridized carbons (Fsp3) is 0.300. The molecule has 4 heterocycles. The van der Waals surface area contributed by atoms with E-state index in [1.165, 1.54) is 24.7 Å². The molecular formula is C20H20N6O5. The summed E-state index contributed by atoms with van der Waals surface area (Å²) in [5, 5.41) is 11.7. The zero-order valence-corrected chi connectivity index (χ0v) is 16.7. The maximum Gasteiger partial charge on any atom is 0.339 e. The van der Waals surface area contributed by atoms with Crippen molar-refractivity contribution in [2.45, 2.75) is 25.9 Å². The molecular weight excluding hydrogens is 404 g/mol. The molecule has 3 aromatic rings. The van der Waals surface area contributed by atoms with Crippen LogP contribution in [0.1, 0.15) is 39.4 Å². The van der Waals surface area contributed by atoms with Crippen molar-refractivity contribution in [1.29, 1.82) is 0 Å². The highest BCUT2D eigenvalue weighted by Gasteiger charge is 2.25. The quantitative estimate of drug-likeness (QED) is 0.604. The highest BCUT2D eigenvalue weighted by molar-refractivity contribution is 6.06. The number of aromatic nitrogens is 4. The minimum absolute atomic E-state index is 0.0167. The molecule has 31 heavy (non-hydrogen) atoms. The summed E-state index contributed by atoms with van der Waals surface area (Å²) in [6.45, 7) is 3.14. The number of anilines is 2. The summed E-state index contributed by atoms with van der Waals surface area (Å²) in [6.07, 6.45) is 6.90. The fourth-order valence-electron chi connectivity index (χ4n) is 3.17. The normalized spacial score (nSPS) is 14.3. The molecule has 0 aromatic carbocycles. The number of hydrogen-bond donors (Lipinski definition) is 2. The Morgan fingerprint density at radius 2 is 2.03 bits per heavy atom. The topological polar surface area (TPSA) is 144 Å². The Hall–Kier alpha value is -4.02. The third-order valence-corrected chi connectivity index (χ3v) is 4.78. The molecule has 11 heteroatoms. The van der Waals surface area contributed by atoms with E-state index >= 15 is 0 Å². The van der Waals surface area contributed by atoms with Crippen LogP contribution in [-0.2, 0) is 0 Å². The van der Waals surface area contributed by atoms with Gasteiger partial charge < -0.3 is 24.5 Å². The smallest absolute Gasteiger partial charge is 0.339 e. The van der Waals surface area contributed by atoms with Gasteiger partial charge in [-0.3, -0.25) is 9.78 Å². The standard InChI is InChI=1S/C20H20N6O5/c1-12-2-7-22-19(23-12)31-13-4-8-26(9-5-13)20-25-16(11-30-20)17(27)24-15-3-6-21-10-14(15)18(28)29/h2-3,6-7,10-11,13H,4-5,8-9H2,1H3,(H,28,29)(H,21,24,27). The predicted molar refractivity (Wildman–Crippen MR) is 108 cm³/mol. The Balaban J connectivity index is 1.35. The number of rotatable bonds is 6. The van der Waals surface area contributed by atoms with Gasteiger partial charge in [0.25, 0.3) is 11.9 Å². The van der Waals surface area contributed by atoms with Crippen LogP contribution in [0.25, 0.3) is 0 Å². The molecule has 1 amide bonds. The Kier molecular flexibility index (Phi) is 5.74. The van der Waals surface area contributed by atoms with Crippen molar-refractivity contribution in [2.24, 2.45) is 0 Å². The molecule has 0 aliphatic carbocycles. The number of piperidine rings is 1. The number of amides is 1. The van der Waals surface area contributed by atoms with Crippen LogP contribution in [0.2, 0.25) is 0 Å². The van der Waals surface area contributed by atoms with Gasteiger partial charge in [0.2, 0.25) is 0 Å². The van der Waals surface area contributed by atoms with E-state index in [1.54, 1.807) is 6.20 Å². The SMILES string of the molecule is Cc1ccnc(OC2CCN(c3nc(C(=O)Nc4ccncc4C(=O)O)co3)CC2)n1. The maximum atomic E-state index is 12.5. The van der Waals surface area contributed by atoms with E-state index in [1.807, 2.05) is 17.9 Å². The molecule has 1 saturated heterocycles. The van der Waals surface area contributed by atoms with E-state index in [4.69, 9.17) is 9.15 Å². The number of carbonyl (C=O) groups excluding carboxylic acids is 1. The number of pyridine rings is 1. The van der Waals surface area contributed by atoms with Gasteiger partial charge in [0.15, 0.2) is 5.69 Å². The minimum Gasteiger partial charge on any atom is -0.478 e. The predicted octanol–water partition coefficient (Wildman–Crippen LogP) is 2.17. The molecule has 0 unspecified atom stereocenters. The van der Waals surface area contributed by atoms with Gasteiger partial charge in [0, 0.05) is 50.2 Å². The van der Waals surface area contributed by atoms with Gasteiger partial charge in [-0.2, -0.15) is 4.98 Å². The molecule has 1 aliphatic rings. The molecule has 1 aliphatic heterocycles. The van der Waals surface area contributed by atoms with Crippen LogP contribution < -0.4 is 15.0 Å². The zero-order chi connectivity index (χ0) is 21.8. The summed E-state index contributed by atoms with van der Waals surface area (Å²) in [6, 6.07) is 3.91. The number of carboxylic acid groups (broad SMARTS) is 1. The summed E-state index contributed by atoms with van der Waals surface area (Å²) in [7, 11) is 0. The van der Waals surface area contributed by atoms with E-state index in [0.717, 1.165) is 18.5 Å². The number of hydrogen-bond acceptors (Lipinski definition) is 9. The molecule has 3 aromatic heterocycles. The lowest BCUT2D eigenvalue weighted by atomic mass is 10.1. The molecule has 160 valence electrons. The largest absolute Gasteiger partial charge is 0.478 e. The van der Waals surface area contributed by atoms with Crippen LogP contribution in [0.15, 0.2) is 41.4 Å². The first-order valence-electron chi connectivity index (χ1n) is 9.65. The second-order valence-electron chi connectivity index (χ2n) is 6.98. The van der Waals surface area contributed by atoms with E-state index < -0.39 is 11.9 Å². The minimum atomic E-state index is -1.19. The molecule has 4 rings (SSSR count). The number of nitrogens with one attached hydrogen (secondary N) is 1. The van der Waals surface area contributed by atoms with Crippen LogP contribution in [0.4, 0.5) is 11.7 Å². The van der Waals surface area contributed by atoms with Crippen LogP contribution in [0.3, 0.4) is 0 Å². The molecule has 11 nitrogen and oxygen atoms in total. The molecule has 1 fully saturated rings. The van der Waals surface area contributed by atoms with E-state index in [0.29, 0.717) is 25.1 Å². The molecule has 0 spiro atoms. The first kappa shape index (κ1) is 20.3. The van der Waals surface area contributed by atoms with Crippen molar-refractivity contribution in [2.75, 3.05) is 23.3 Å². The number of aromatic carboxylic acids is 1. The molecule has 0 radical (unpaired) electrons. The highest BCUT2D eigenvalue weighted by Crippen LogP contribution is 2.22. The average molecular weight is 424 g/mol. The molecule has 0 bridgehead atoms. The number of oxazole rings is 1. The van der Waals surface area contributed by atoms with Crippen molar-refractivity contribution < 1.29 is 23.8 Å². The summed E-state index contributed by atoms with van der Waals surface area (Å²) in [4.78, 5) is 42.0. The van der Waals surface area contributed by atoms with Crippen LogP contribution >= 0.6 is 0 Å². The van der Waals surface area contributed by atoms with Crippen LogP contribution in [0, 0.1) is 6.92 Å². The second-order valence-corrected chi connectivity index (χ2v) is 6.98. The lowest BCUT2D eigenvalue weighted by molar-refractivity contribution is 0.0697. The van der Waals surface area contributed by atoms with Gasteiger partial charge in [-0.25, -0.2) is 14.8 Å². The van der Waals surface area contributed by atoms with E-state index in [-0.39, 0.29) is 23.0 Å². The van der Waals surface area contributed by atoms with Crippen molar-refractivity contribution in [3.05, 3.63) is 53.9 Å². The second kappa shape index (κ2) is 8.78. The van der Waals surface area contributed by atoms with E-state index in [9.17, 15) is 14.7 Å². The third kappa shape index (κ3) is 4.77. The highest BCUT2D eigenvalue weighted by atomic mass is 16.5. The number of aryl methyl sites for hydroxylation is 1. The van der Waals surface area contributed by atoms with Crippen molar-refractivity contribution in [1.82, 2.24) is 19.9 Å². The summed E-state index contributed by atoms with van der Waals surface area (Å²) in [5.41, 5.74) is 0.914. The Morgan fingerprint density at radius 1 is 1.23 bits per heavy atom. The van der Waals surface area contributed by atoms with Gasteiger partial charge >= 0.3 is 12.0 Å². The van der Waals surface area contributed by atoms with Gasteiger partial charge in [-0.15, -0.1) is 0 Å². The lowest BCUT2D eigenvalue weighted by Crippen LogP contribution is -2.38. The van der Waals surface area contributed by atoms with Crippen LogP contribution in [-0.4, -0.2) is 56.1 Å². The monoisotopic (exact) mass is 424 g/mol. The number of carbonyl (C=O) groups is 2. The lowest BCUT2D eigenvalue weighted by Gasteiger charge is -2.30. The molecule has 0 atom stereocenters.